The summed E-state index contributed by atoms with van der Waals surface area (Å²) in [6.07, 6.45) is 9.80. The molecule has 2 N–H and O–H groups in total. The Hall–Kier alpha value is -1.70. The second-order valence-electron chi connectivity index (χ2n) is 10.9. The predicted octanol–water partition coefficient (Wildman–Crippen LogP) is 9.08. The van der Waals surface area contributed by atoms with E-state index in [1.54, 1.807) is 0 Å². The number of rotatable bonds is 19. The molecule has 0 amide bonds. The van der Waals surface area contributed by atoms with E-state index in [9.17, 15) is 23.1 Å². The van der Waals surface area contributed by atoms with Gasteiger partial charge in [-0.1, -0.05) is 84.3 Å². The van der Waals surface area contributed by atoms with Crippen molar-refractivity contribution in [3.05, 3.63) is 35.5 Å². The number of hydrogen-bond donors (Lipinski definition) is 2. The predicted molar refractivity (Wildman–Crippen MR) is 150 cm³/mol. The number of halogens is 3. The summed E-state index contributed by atoms with van der Waals surface area (Å²) in [5.41, 5.74) is 0.444. The number of aromatic nitrogens is 1. The lowest BCUT2D eigenvalue weighted by atomic mass is 9.91. The second kappa shape index (κ2) is 17.7. The van der Waals surface area contributed by atoms with Gasteiger partial charge in [-0.15, -0.1) is 0 Å². The fourth-order valence-corrected chi connectivity index (χ4v) is 5.20. The van der Waals surface area contributed by atoms with Gasteiger partial charge in [0.15, 0.2) is 0 Å². The van der Waals surface area contributed by atoms with E-state index in [0.29, 0.717) is 11.9 Å². The molecule has 0 fully saturated rings. The van der Waals surface area contributed by atoms with Crippen molar-refractivity contribution < 1.29 is 23.1 Å². The molecule has 8 heteroatoms. The number of pyridine rings is 1. The lowest BCUT2D eigenvalue weighted by molar-refractivity contribution is -0.138. The van der Waals surface area contributed by atoms with Crippen molar-refractivity contribution in [1.29, 1.82) is 0 Å². The third-order valence-electron chi connectivity index (χ3n) is 6.69. The minimum Gasteiger partial charge on any atom is -0.480 e. The maximum Gasteiger partial charge on any atom is 0.417 e. The highest BCUT2D eigenvalue weighted by molar-refractivity contribution is 7.99. The highest BCUT2D eigenvalue weighted by Crippen LogP contribution is 2.29. The molecule has 1 heterocycles. The van der Waals surface area contributed by atoms with Gasteiger partial charge < -0.3 is 10.4 Å². The van der Waals surface area contributed by atoms with Crippen LogP contribution in [0.15, 0.2) is 30.0 Å². The molecule has 0 aliphatic heterocycles. The Morgan fingerprint density at radius 2 is 1.62 bits per heavy atom. The molecule has 0 saturated carbocycles. The Morgan fingerprint density at radius 3 is 2.14 bits per heavy atom. The SMILES string of the molecule is C/C(=C\CSCC(Nc1ccc(C(F)(F)F)cn1)C(=O)O)CCCC(C)CCCC(C)CCCC(C)C. The molecule has 1 aromatic rings. The summed E-state index contributed by atoms with van der Waals surface area (Å²) in [6, 6.07) is 1.12. The number of hydrogen-bond acceptors (Lipinski definition) is 4. The summed E-state index contributed by atoms with van der Waals surface area (Å²) < 4.78 is 38.0. The molecule has 0 saturated heterocycles. The van der Waals surface area contributed by atoms with Crippen LogP contribution < -0.4 is 5.32 Å². The molecular formula is C29H47F3N2O2S. The van der Waals surface area contributed by atoms with Crippen LogP contribution in [0.3, 0.4) is 0 Å². The van der Waals surface area contributed by atoms with Gasteiger partial charge in [0.1, 0.15) is 11.9 Å². The molecule has 1 aromatic heterocycles. The van der Waals surface area contributed by atoms with E-state index in [1.807, 2.05) is 0 Å². The molecule has 0 aliphatic carbocycles. The first-order valence-electron chi connectivity index (χ1n) is 13.6. The molecular weight excluding hydrogens is 497 g/mol. The molecule has 3 unspecified atom stereocenters. The van der Waals surface area contributed by atoms with Crippen molar-refractivity contribution in [3.63, 3.8) is 0 Å². The first kappa shape index (κ1) is 33.3. The van der Waals surface area contributed by atoms with Gasteiger partial charge in [-0.2, -0.15) is 24.9 Å². The zero-order valence-electron chi connectivity index (χ0n) is 23.2. The summed E-state index contributed by atoms with van der Waals surface area (Å²) in [7, 11) is 0. The van der Waals surface area contributed by atoms with Gasteiger partial charge in [-0.05, 0) is 49.7 Å². The molecule has 0 bridgehead atoms. The fourth-order valence-electron chi connectivity index (χ4n) is 4.20. The van der Waals surface area contributed by atoms with Crippen LogP contribution in [-0.2, 0) is 11.0 Å². The summed E-state index contributed by atoms with van der Waals surface area (Å²) in [5.74, 6) is 2.41. The van der Waals surface area contributed by atoms with Gasteiger partial charge in [-0.25, -0.2) is 9.78 Å². The number of nitrogens with one attached hydrogen (secondary N) is 1. The Bertz CT molecular complexity index is 797. The van der Waals surface area contributed by atoms with Crippen LogP contribution in [0.5, 0.6) is 0 Å². The van der Waals surface area contributed by atoms with Gasteiger partial charge >= 0.3 is 12.1 Å². The lowest BCUT2D eigenvalue weighted by Crippen LogP contribution is -2.32. The maximum atomic E-state index is 12.7. The number of aliphatic carboxylic acids is 1. The van der Waals surface area contributed by atoms with Crippen LogP contribution in [-0.4, -0.2) is 33.6 Å². The highest BCUT2D eigenvalue weighted by atomic mass is 32.2. The van der Waals surface area contributed by atoms with Crippen molar-refractivity contribution in [2.24, 2.45) is 17.8 Å². The fraction of sp³-hybridized carbons (Fsp3) is 0.724. The van der Waals surface area contributed by atoms with Crippen LogP contribution in [0.1, 0.15) is 98.0 Å². The van der Waals surface area contributed by atoms with Crippen molar-refractivity contribution in [1.82, 2.24) is 4.98 Å². The number of carboxylic acids is 1. The first-order valence-corrected chi connectivity index (χ1v) is 14.8. The van der Waals surface area contributed by atoms with E-state index in [2.05, 4.69) is 51.0 Å². The van der Waals surface area contributed by atoms with E-state index < -0.39 is 23.8 Å². The first-order chi connectivity index (χ1) is 17.4. The number of alkyl halides is 3. The standard InChI is InChI=1S/C29H47F3N2O2S/c1-21(2)9-6-10-22(3)11-7-12-23(4)13-8-14-24(5)17-18-37-20-26(28(35)36)34-27-16-15-25(19-33-27)29(30,31)32/h15-17,19,21-23,26H,6-14,18,20H2,1-5H3,(H,33,34)(H,35,36)/b24-17+. The number of carboxylic acid groups (broad SMARTS) is 1. The summed E-state index contributed by atoms with van der Waals surface area (Å²) in [4.78, 5) is 15.2. The highest BCUT2D eigenvalue weighted by Gasteiger charge is 2.30. The van der Waals surface area contributed by atoms with Crippen molar-refractivity contribution in [2.75, 3.05) is 16.8 Å². The average Bonchev–Trinajstić information content (AvgIpc) is 2.80. The zero-order chi connectivity index (χ0) is 27.8. The van der Waals surface area contributed by atoms with Crippen LogP contribution in [0.4, 0.5) is 19.0 Å². The van der Waals surface area contributed by atoms with Crippen molar-refractivity contribution in [2.45, 2.75) is 105 Å². The third kappa shape index (κ3) is 16.0. The molecule has 37 heavy (non-hydrogen) atoms. The Kier molecular flexibility index (Phi) is 16.0. The minimum absolute atomic E-state index is 0.113. The number of nitrogens with zero attached hydrogens (tertiary/aromatic N) is 1. The molecule has 0 spiro atoms. The molecule has 0 radical (unpaired) electrons. The van der Waals surface area contributed by atoms with Crippen molar-refractivity contribution in [3.8, 4) is 0 Å². The van der Waals surface area contributed by atoms with Gasteiger partial charge in [0, 0.05) is 17.7 Å². The monoisotopic (exact) mass is 544 g/mol. The molecule has 1 rings (SSSR count). The topological polar surface area (TPSA) is 62.2 Å². The molecule has 0 aliphatic rings. The van der Waals surface area contributed by atoms with Gasteiger partial charge in [0.25, 0.3) is 0 Å². The summed E-state index contributed by atoms with van der Waals surface area (Å²) in [5, 5.41) is 12.2. The summed E-state index contributed by atoms with van der Waals surface area (Å²) >= 11 is 1.48. The Labute approximate surface area is 226 Å². The van der Waals surface area contributed by atoms with Crippen LogP contribution in [0, 0.1) is 17.8 Å². The third-order valence-corrected chi connectivity index (χ3v) is 7.66. The number of allylic oxidation sites excluding steroid dienone is 1. The Morgan fingerprint density at radius 1 is 1.03 bits per heavy atom. The normalized spacial score (nSPS) is 15.0. The quantitative estimate of drug-likeness (QED) is 0.134. The average molecular weight is 545 g/mol. The van der Waals surface area contributed by atoms with Crippen LogP contribution in [0.25, 0.3) is 0 Å². The van der Waals surface area contributed by atoms with E-state index in [0.717, 1.165) is 42.7 Å². The van der Waals surface area contributed by atoms with Crippen LogP contribution >= 0.6 is 11.8 Å². The smallest absolute Gasteiger partial charge is 0.417 e. The Balaban J connectivity index is 2.25. The van der Waals surface area contributed by atoms with Gasteiger partial charge in [-0.3, -0.25) is 0 Å². The van der Waals surface area contributed by atoms with E-state index in [4.69, 9.17) is 0 Å². The molecule has 4 nitrogen and oxygen atoms in total. The summed E-state index contributed by atoms with van der Waals surface area (Å²) in [6.45, 7) is 11.4. The minimum atomic E-state index is -4.47. The van der Waals surface area contributed by atoms with E-state index in [1.165, 1.54) is 62.3 Å². The maximum absolute atomic E-state index is 12.7. The molecule has 212 valence electrons. The number of thioether (sulfide) groups is 1. The van der Waals surface area contributed by atoms with Crippen LogP contribution in [0.2, 0.25) is 0 Å². The van der Waals surface area contributed by atoms with E-state index >= 15 is 0 Å². The van der Waals surface area contributed by atoms with Gasteiger partial charge in [0.2, 0.25) is 0 Å². The van der Waals surface area contributed by atoms with E-state index in [-0.39, 0.29) is 11.6 Å². The second-order valence-corrected chi connectivity index (χ2v) is 12.0. The molecule has 3 atom stereocenters. The number of carbonyl (C=O) groups is 1. The van der Waals surface area contributed by atoms with Gasteiger partial charge in [0.05, 0.1) is 5.56 Å². The number of anilines is 1. The largest absolute Gasteiger partial charge is 0.480 e. The lowest BCUT2D eigenvalue weighted by Gasteiger charge is -2.15. The van der Waals surface area contributed by atoms with Crippen molar-refractivity contribution >= 4 is 23.5 Å². The molecule has 0 aromatic carbocycles. The zero-order valence-corrected chi connectivity index (χ0v) is 24.1.